The molecule has 19 heavy (non-hydrogen) atoms. The van der Waals surface area contributed by atoms with Crippen molar-refractivity contribution in [1.29, 1.82) is 0 Å². The maximum Gasteiger partial charge on any atom is 0.239 e. The van der Waals surface area contributed by atoms with Gasteiger partial charge >= 0.3 is 0 Å². The van der Waals surface area contributed by atoms with Crippen LogP contribution in [0.4, 0.5) is 0 Å². The second kappa shape index (κ2) is 5.74. The Balaban J connectivity index is 2.08. The van der Waals surface area contributed by atoms with Crippen molar-refractivity contribution >= 4 is 5.91 Å². The van der Waals surface area contributed by atoms with Gasteiger partial charge in [0.15, 0.2) is 0 Å². The highest BCUT2D eigenvalue weighted by molar-refractivity contribution is 5.82. The average Bonchev–Trinajstić information content (AvgIpc) is 2.88. The second-order valence-electron chi connectivity index (χ2n) is 5.71. The summed E-state index contributed by atoms with van der Waals surface area (Å²) in [5.74, 6) is 0.107. The Kier molecular flexibility index (Phi) is 4.25. The van der Waals surface area contributed by atoms with E-state index in [1.807, 2.05) is 4.90 Å². The molecule has 3 heteroatoms. The molecule has 1 unspecified atom stereocenters. The van der Waals surface area contributed by atoms with Crippen molar-refractivity contribution in [1.82, 2.24) is 4.90 Å². The van der Waals surface area contributed by atoms with Gasteiger partial charge in [-0.15, -0.1) is 0 Å². The zero-order chi connectivity index (χ0) is 14.0. The molecular weight excluding hydrogens is 236 g/mol. The molecule has 1 aliphatic rings. The molecule has 1 aromatic carbocycles. The van der Waals surface area contributed by atoms with Gasteiger partial charge in [0, 0.05) is 13.1 Å². The first-order valence-corrected chi connectivity index (χ1v) is 7.10. The summed E-state index contributed by atoms with van der Waals surface area (Å²) in [6.45, 7) is 8.05. The molecule has 1 heterocycles. The fourth-order valence-corrected chi connectivity index (χ4v) is 2.74. The number of hydrogen-bond donors (Lipinski definition) is 1. The minimum absolute atomic E-state index is 0.107. The monoisotopic (exact) mass is 260 g/mol. The molecule has 1 atom stereocenters. The number of amides is 1. The molecule has 1 aromatic rings. The van der Waals surface area contributed by atoms with Gasteiger partial charge in [0.25, 0.3) is 0 Å². The van der Waals surface area contributed by atoms with E-state index >= 15 is 0 Å². The topological polar surface area (TPSA) is 46.3 Å². The third kappa shape index (κ3) is 3.16. The van der Waals surface area contributed by atoms with E-state index in [4.69, 9.17) is 5.73 Å². The Morgan fingerprint density at radius 3 is 2.37 bits per heavy atom. The van der Waals surface area contributed by atoms with Crippen LogP contribution in [0.3, 0.4) is 0 Å². The summed E-state index contributed by atoms with van der Waals surface area (Å²) >= 11 is 0. The average molecular weight is 260 g/mol. The number of rotatable bonds is 3. The van der Waals surface area contributed by atoms with Gasteiger partial charge in [0.1, 0.15) is 0 Å². The number of carbonyl (C=O) groups excluding carboxylic acids is 1. The molecule has 2 rings (SSSR count). The van der Waals surface area contributed by atoms with Gasteiger partial charge < -0.3 is 10.6 Å². The Hall–Kier alpha value is -1.35. The number of nitrogens with two attached hydrogens (primary N) is 1. The van der Waals surface area contributed by atoms with Crippen LogP contribution in [0.25, 0.3) is 0 Å². The molecule has 0 radical (unpaired) electrons. The summed E-state index contributed by atoms with van der Waals surface area (Å²) in [7, 11) is 0. The van der Waals surface area contributed by atoms with E-state index in [-0.39, 0.29) is 5.91 Å². The predicted octanol–water partition coefficient (Wildman–Crippen LogP) is 2.10. The maximum atomic E-state index is 12.2. The number of nitrogens with zero attached hydrogens (tertiary/aromatic N) is 1. The van der Waals surface area contributed by atoms with Crippen LogP contribution in [0, 0.1) is 20.8 Å². The van der Waals surface area contributed by atoms with Crippen molar-refractivity contribution in [3.63, 3.8) is 0 Å². The quantitative estimate of drug-likeness (QED) is 0.904. The number of likely N-dealkylation sites (tertiary alicyclic amines) is 1. The lowest BCUT2D eigenvalue weighted by atomic mass is 9.96. The van der Waals surface area contributed by atoms with Crippen LogP contribution in [-0.4, -0.2) is 29.9 Å². The van der Waals surface area contributed by atoms with E-state index < -0.39 is 6.04 Å². The third-order valence-corrected chi connectivity index (χ3v) is 4.13. The van der Waals surface area contributed by atoms with Gasteiger partial charge in [-0.1, -0.05) is 12.1 Å². The van der Waals surface area contributed by atoms with Crippen molar-refractivity contribution in [2.45, 2.75) is 46.1 Å². The van der Waals surface area contributed by atoms with Crippen LogP contribution < -0.4 is 5.73 Å². The van der Waals surface area contributed by atoms with E-state index in [0.717, 1.165) is 25.9 Å². The number of aryl methyl sites for hydroxylation is 3. The van der Waals surface area contributed by atoms with Gasteiger partial charge in [-0.2, -0.15) is 0 Å². The summed E-state index contributed by atoms with van der Waals surface area (Å²) in [6.07, 6.45) is 2.87. The van der Waals surface area contributed by atoms with E-state index in [1.165, 1.54) is 22.3 Å². The number of benzene rings is 1. The van der Waals surface area contributed by atoms with Crippen LogP contribution in [-0.2, 0) is 11.2 Å². The lowest BCUT2D eigenvalue weighted by Gasteiger charge is -2.21. The zero-order valence-electron chi connectivity index (χ0n) is 12.2. The molecule has 0 saturated carbocycles. The van der Waals surface area contributed by atoms with Gasteiger partial charge in [-0.05, 0) is 62.3 Å². The lowest BCUT2D eigenvalue weighted by Crippen LogP contribution is -2.43. The van der Waals surface area contributed by atoms with Crippen LogP contribution in [0.2, 0.25) is 0 Å². The van der Waals surface area contributed by atoms with Crippen LogP contribution in [0.5, 0.6) is 0 Å². The second-order valence-corrected chi connectivity index (χ2v) is 5.71. The van der Waals surface area contributed by atoms with Crippen LogP contribution in [0.1, 0.15) is 35.1 Å². The summed E-state index contributed by atoms with van der Waals surface area (Å²) in [4.78, 5) is 14.1. The van der Waals surface area contributed by atoms with Crippen molar-refractivity contribution in [2.24, 2.45) is 5.73 Å². The summed E-state index contributed by atoms with van der Waals surface area (Å²) in [5, 5.41) is 0. The third-order valence-electron chi connectivity index (χ3n) is 4.13. The van der Waals surface area contributed by atoms with Crippen LogP contribution >= 0.6 is 0 Å². The lowest BCUT2D eigenvalue weighted by molar-refractivity contribution is -0.131. The van der Waals surface area contributed by atoms with Gasteiger partial charge in [0.2, 0.25) is 5.91 Å². The highest BCUT2D eigenvalue weighted by atomic mass is 16.2. The maximum absolute atomic E-state index is 12.2. The van der Waals surface area contributed by atoms with E-state index in [9.17, 15) is 4.79 Å². The highest BCUT2D eigenvalue weighted by Gasteiger charge is 2.24. The zero-order valence-corrected chi connectivity index (χ0v) is 12.2. The van der Waals surface area contributed by atoms with Gasteiger partial charge in [0.05, 0.1) is 6.04 Å². The highest BCUT2D eigenvalue weighted by Crippen LogP contribution is 2.18. The molecule has 1 aliphatic heterocycles. The normalized spacial score (nSPS) is 16.7. The summed E-state index contributed by atoms with van der Waals surface area (Å²) in [5.41, 5.74) is 11.1. The molecular formula is C16H24N2O. The Labute approximate surface area is 115 Å². The van der Waals surface area contributed by atoms with Crippen molar-refractivity contribution in [2.75, 3.05) is 13.1 Å². The van der Waals surface area contributed by atoms with Crippen molar-refractivity contribution in [3.05, 3.63) is 34.4 Å². The SMILES string of the molecule is Cc1cc(C)c(CC(N)C(=O)N2CCCC2)cc1C. The molecule has 0 aromatic heterocycles. The summed E-state index contributed by atoms with van der Waals surface area (Å²) < 4.78 is 0. The van der Waals surface area contributed by atoms with E-state index in [1.54, 1.807) is 0 Å². The minimum Gasteiger partial charge on any atom is -0.341 e. The minimum atomic E-state index is -0.404. The molecule has 104 valence electrons. The van der Waals surface area contributed by atoms with Crippen molar-refractivity contribution < 1.29 is 4.79 Å². The van der Waals surface area contributed by atoms with Gasteiger partial charge in [-0.3, -0.25) is 4.79 Å². The molecule has 0 aliphatic carbocycles. The smallest absolute Gasteiger partial charge is 0.239 e. The largest absolute Gasteiger partial charge is 0.341 e. The first-order chi connectivity index (χ1) is 8.99. The molecule has 3 nitrogen and oxygen atoms in total. The number of carbonyl (C=O) groups is 1. The summed E-state index contributed by atoms with van der Waals surface area (Å²) in [6, 6.07) is 3.94. The van der Waals surface area contributed by atoms with E-state index in [2.05, 4.69) is 32.9 Å². The standard InChI is InChI=1S/C16H24N2O/c1-11-8-13(3)14(9-12(11)2)10-15(17)16(19)18-6-4-5-7-18/h8-9,15H,4-7,10,17H2,1-3H3. The first kappa shape index (κ1) is 14.1. The first-order valence-electron chi connectivity index (χ1n) is 7.10. The van der Waals surface area contributed by atoms with Crippen LogP contribution in [0.15, 0.2) is 12.1 Å². The Bertz CT molecular complexity index is 476. The number of hydrogen-bond acceptors (Lipinski definition) is 2. The Morgan fingerprint density at radius 1 is 1.16 bits per heavy atom. The molecule has 1 fully saturated rings. The van der Waals surface area contributed by atoms with E-state index in [0.29, 0.717) is 6.42 Å². The molecule has 1 saturated heterocycles. The molecule has 0 bridgehead atoms. The Morgan fingerprint density at radius 2 is 1.74 bits per heavy atom. The van der Waals surface area contributed by atoms with Gasteiger partial charge in [-0.25, -0.2) is 0 Å². The fraction of sp³-hybridized carbons (Fsp3) is 0.562. The fourth-order valence-electron chi connectivity index (χ4n) is 2.74. The molecule has 2 N–H and O–H groups in total. The predicted molar refractivity (Wildman–Crippen MR) is 78.1 cm³/mol. The molecule has 0 spiro atoms. The molecule has 1 amide bonds. The van der Waals surface area contributed by atoms with Crippen molar-refractivity contribution in [3.8, 4) is 0 Å².